The first kappa shape index (κ1) is 17.0. The number of methoxy groups -OCH3 is 1. The largest absolute Gasteiger partial charge is 0.497 e. The first-order chi connectivity index (χ1) is 12.2. The maximum Gasteiger partial charge on any atom is 0.253 e. The van der Waals surface area contributed by atoms with E-state index in [2.05, 4.69) is 5.32 Å². The number of amides is 2. The van der Waals surface area contributed by atoms with Crippen LogP contribution in [0.2, 0.25) is 0 Å². The van der Waals surface area contributed by atoms with Crippen LogP contribution in [0, 0.1) is 0 Å². The number of likely N-dealkylation sites (tertiary alicyclic amines) is 1. The van der Waals surface area contributed by atoms with Crippen molar-refractivity contribution in [1.29, 1.82) is 0 Å². The van der Waals surface area contributed by atoms with Crippen LogP contribution in [0.25, 0.3) is 0 Å². The first-order valence-electron chi connectivity index (χ1n) is 8.48. The molecule has 0 aliphatic carbocycles. The molecule has 1 aliphatic heterocycles. The number of hydrogen-bond acceptors (Lipinski definition) is 3. The van der Waals surface area contributed by atoms with Gasteiger partial charge in [0, 0.05) is 30.8 Å². The molecule has 0 aromatic heterocycles. The Morgan fingerprint density at radius 1 is 1.04 bits per heavy atom. The van der Waals surface area contributed by atoms with Crippen molar-refractivity contribution < 1.29 is 14.3 Å². The van der Waals surface area contributed by atoms with Gasteiger partial charge >= 0.3 is 0 Å². The lowest BCUT2D eigenvalue weighted by Crippen LogP contribution is -2.28. The van der Waals surface area contributed by atoms with Gasteiger partial charge in [0.15, 0.2) is 0 Å². The molecule has 3 rings (SSSR count). The second-order valence-corrected chi connectivity index (χ2v) is 6.11. The van der Waals surface area contributed by atoms with Crippen LogP contribution >= 0.6 is 0 Å². The third-order valence-corrected chi connectivity index (χ3v) is 4.37. The van der Waals surface area contributed by atoms with E-state index in [9.17, 15) is 9.59 Å². The highest BCUT2D eigenvalue weighted by Crippen LogP contribution is 2.15. The van der Waals surface area contributed by atoms with E-state index >= 15 is 0 Å². The molecule has 5 nitrogen and oxygen atoms in total. The Labute approximate surface area is 147 Å². The smallest absolute Gasteiger partial charge is 0.253 e. The van der Waals surface area contributed by atoms with Gasteiger partial charge in [-0.3, -0.25) is 9.59 Å². The molecule has 130 valence electrons. The van der Waals surface area contributed by atoms with Crippen LogP contribution < -0.4 is 10.1 Å². The van der Waals surface area contributed by atoms with Crippen molar-refractivity contribution in [3.8, 4) is 5.75 Å². The van der Waals surface area contributed by atoms with Gasteiger partial charge in [0.2, 0.25) is 0 Å². The Hall–Kier alpha value is -2.82. The highest BCUT2D eigenvalue weighted by atomic mass is 16.5. The lowest BCUT2D eigenvalue weighted by molar-refractivity contribution is 0.0792. The van der Waals surface area contributed by atoms with Gasteiger partial charge in [-0.1, -0.05) is 12.1 Å². The summed E-state index contributed by atoms with van der Waals surface area (Å²) in [6.45, 7) is 2.04. The van der Waals surface area contributed by atoms with E-state index < -0.39 is 0 Å². The molecule has 2 aromatic rings. The molecule has 1 saturated heterocycles. The van der Waals surface area contributed by atoms with Crippen molar-refractivity contribution >= 4 is 11.8 Å². The highest BCUT2D eigenvalue weighted by molar-refractivity contribution is 5.95. The number of carbonyl (C=O) groups excluding carboxylic acids is 2. The van der Waals surface area contributed by atoms with Crippen LogP contribution in [-0.2, 0) is 6.54 Å². The zero-order valence-corrected chi connectivity index (χ0v) is 14.3. The van der Waals surface area contributed by atoms with Crippen LogP contribution in [0.5, 0.6) is 5.75 Å². The van der Waals surface area contributed by atoms with Crippen LogP contribution in [0.1, 0.15) is 39.1 Å². The van der Waals surface area contributed by atoms with E-state index in [1.165, 1.54) is 0 Å². The normalized spacial score (nSPS) is 13.6. The quantitative estimate of drug-likeness (QED) is 0.912. The van der Waals surface area contributed by atoms with Crippen LogP contribution in [0.3, 0.4) is 0 Å². The molecule has 5 heteroatoms. The third-order valence-electron chi connectivity index (χ3n) is 4.37. The van der Waals surface area contributed by atoms with Crippen LogP contribution in [-0.4, -0.2) is 36.9 Å². The Bertz CT molecular complexity index is 750. The lowest BCUT2D eigenvalue weighted by Gasteiger charge is -2.15. The van der Waals surface area contributed by atoms with Crippen LogP contribution in [0.15, 0.2) is 48.5 Å². The summed E-state index contributed by atoms with van der Waals surface area (Å²) in [5, 5.41) is 2.88. The number of rotatable bonds is 5. The minimum atomic E-state index is -0.154. The van der Waals surface area contributed by atoms with Gasteiger partial charge in [0.05, 0.1) is 7.11 Å². The summed E-state index contributed by atoms with van der Waals surface area (Å²) in [6, 6.07) is 14.4. The number of carbonyl (C=O) groups is 2. The van der Waals surface area contributed by atoms with E-state index in [0.29, 0.717) is 23.4 Å². The molecule has 0 saturated carbocycles. The van der Waals surface area contributed by atoms with Gasteiger partial charge in [-0.15, -0.1) is 0 Å². The molecule has 1 fully saturated rings. The molecule has 1 heterocycles. The van der Waals surface area contributed by atoms with Crippen molar-refractivity contribution in [1.82, 2.24) is 10.2 Å². The van der Waals surface area contributed by atoms with Gasteiger partial charge in [0.1, 0.15) is 5.75 Å². The maximum atomic E-state index is 12.4. The van der Waals surface area contributed by atoms with Gasteiger partial charge in [0.25, 0.3) is 11.8 Å². The maximum absolute atomic E-state index is 12.4. The van der Waals surface area contributed by atoms with Crippen molar-refractivity contribution in [2.24, 2.45) is 0 Å². The summed E-state index contributed by atoms with van der Waals surface area (Å²) in [4.78, 5) is 26.5. The number of benzene rings is 2. The minimum Gasteiger partial charge on any atom is -0.497 e. The molecule has 0 radical (unpaired) electrons. The second-order valence-electron chi connectivity index (χ2n) is 6.11. The van der Waals surface area contributed by atoms with Gasteiger partial charge in [-0.05, 0) is 54.8 Å². The van der Waals surface area contributed by atoms with Crippen molar-refractivity contribution in [3.63, 3.8) is 0 Å². The Kier molecular flexibility index (Phi) is 5.33. The molecule has 1 aliphatic rings. The van der Waals surface area contributed by atoms with E-state index in [0.717, 1.165) is 31.5 Å². The molecule has 25 heavy (non-hydrogen) atoms. The summed E-state index contributed by atoms with van der Waals surface area (Å²) in [5.74, 6) is 0.629. The zero-order chi connectivity index (χ0) is 17.6. The molecule has 0 spiro atoms. The Morgan fingerprint density at radius 3 is 2.44 bits per heavy atom. The fourth-order valence-corrected chi connectivity index (χ4v) is 2.94. The summed E-state index contributed by atoms with van der Waals surface area (Å²) in [5.41, 5.74) is 2.16. The molecular formula is C20H22N2O3. The highest BCUT2D eigenvalue weighted by Gasteiger charge is 2.19. The van der Waals surface area contributed by atoms with Crippen molar-refractivity contribution in [2.75, 3.05) is 20.2 Å². The summed E-state index contributed by atoms with van der Waals surface area (Å²) >= 11 is 0. The second kappa shape index (κ2) is 7.83. The summed E-state index contributed by atoms with van der Waals surface area (Å²) < 4.78 is 5.09. The van der Waals surface area contributed by atoms with E-state index in [1.54, 1.807) is 31.4 Å². The minimum absolute atomic E-state index is 0.0702. The fourth-order valence-electron chi connectivity index (χ4n) is 2.94. The predicted molar refractivity (Wildman–Crippen MR) is 95.7 cm³/mol. The molecular weight excluding hydrogens is 316 g/mol. The molecule has 1 N–H and O–H groups in total. The lowest BCUT2D eigenvalue weighted by atomic mass is 10.1. The Morgan fingerprint density at radius 2 is 1.76 bits per heavy atom. The number of ether oxygens (including phenoxy) is 1. The molecule has 2 aromatic carbocycles. The molecule has 2 amide bonds. The van der Waals surface area contributed by atoms with Gasteiger partial charge < -0.3 is 15.0 Å². The van der Waals surface area contributed by atoms with E-state index in [1.807, 2.05) is 29.2 Å². The van der Waals surface area contributed by atoms with Gasteiger partial charge in [-0.25, -0.2) is 0 Å². The monoisotopic (exact) mass is 338 g/mol. The zero-order valence-electron chi connectivity index (χ0n) is 14.3. The SMILES string of the molecule is COc1ccc(C(=O)NCc2cccc(C(=O)N3CCCC3)c2)cc1. The van der Waals surface area contributed by atoms with Crippen molar-refractivity contribution in [3.05, 3.63) is 65.2 Å². The Balaban J connectivity index is 1.61. The van der Waals surface area contributed by atoms with Crippen LogP contribution in [0.4, 0.5) is 0 Å². The van der Waals surface area contributed by atoms with Crippen molar-refractivity contribution in [2.45, 2.75) is 19.4 Å². The molecule has 0 unspecified atom stereocenters. The average Bonchev–Trinajstić information content (AvgIpc) is 3.20. The fraction of sp³-hybridized carbons (Fsp3) is 0.300. The standard InChI is InChI=1S/C20H22N2O3/c1-25-18-9-7-16(8-10-18)19(23)21-14-15-5-4-6-17(13-15)20(24)22-11-2-3-12-22/h4-10,13H,2-3,11-12,14H2,1H3,(H,21,23). The van der Waals surface area contributed by atoms with E-state index in [4.69, 9.17) is 4.74 Å². The predicted octanol–water partition coefficient (Wildman–Crippen LogP) is 2.86. The number of nitrogens with one attached hydrogen (secondary N) is 1. The van der Waals surface area contributed by atoms with E-state index in [-0.39, 0.29) is 11.8 Å². The summed E-state index contributed by atoms with van der Waals surface area (Å²) in [7, 11) is 1.59. The summed E-state index contributed by atoms with van der Waals surface area (Å²) in [6.07, 6.45) is 2.15. The molecule has 0 atom stereocenters. The number of nitrogens with zero attached hydrogens (tertiary/aromatic N) is 1. The third kappa shape index (κ3) is 4.18. The first-order valence-corrected chi connectivity index (χ1v) is 8.48. The topological polar surface area (TPSA) is 58.6 Å². The number of hydrogen-bond donors (Lipinski definition) is 1. The van der Waals surface area contributed by atoms with Gasteiger partial charge in [-0.2, -0.15) is 0 Å². The molecule has 0 bridgehead atoms. The average molecular weight is 338 g/mol.